The zero-order valence-corrected chi connectivity index (χ0v) is 12.2. The van der Waals surface area contributed by atoms with Gasteiger partial charge in [-0.15, -0.1) is 0 Å². The van der Waals surface area contributed by atoms with E-state index in [0.717, 1.165) is 12.7 Å². The topological polar surface area (TPSA) is 66.8 Å². The van der Waals surface area contributed by atoms with Crippen molar-refractivity contribution >= 4 is 12.2 Å². The summed E-state index contributed by atoms with van der Waals surface area (Å²) in [6, 6.07) is 4.67. The van der Waals surface area contributed by atoms with E-state index in [1.54, 1.807) is 23.1 Å². The van der Waals surface area contributed by atoms with Crippen molar-refractivity contribution in [2.75, 3.05) is 6.54 Å². The predicted molar refractivity (Wildman–Crippen MR) is 76.2 cm³/mol. The average molecular weight is 289 g/mol. The lowest BCUT2D eigenvalue weighted by Gasteiger charge is -2.45. The van der Waals surface area contributed by atoms with Gasteiger partial charge < -0.3 is 14.7 Å². The monoisotopic (exact) mass is 289 g/mol. The van der Waals surface area contributed by atoms with Gasteiger partial charge in [-0.3, -0.25) is 9.59 Å². The van der Waals surface area contributed by atoms with Crippen LogP contribution < -0.4 is 4.74 Å². The third-order valence-corrected chi connectivity index (χ3v) is 4.32. The van der Waals surface area contributed by atoms with Gasteiger partial charge in [-0.05, 0) is 38.5 Å². The lowest BCUT2D eigenvalue weighted by atomic mass is 9.85. The Balaban J connectivity index is 2.12. The Hall–Kier alpha value is -1.88. The van der Waals surface area contributed by atoms with Gasteiger partial charge in [-0.2, -0.15) is 0 Å². The minimum Gasteiger partial charge on any atom is -0.485 e. The molecule has 1 amide bonds. The fourth-order valence-corrected chi connectivity index (χ4v) is 3.16. The maximum absolute atomic E-state index is 12.1. The number of hydrogen-bond donors (Lipinski definition) is 1. The Morgan fingerprint density at radius 1 is 1.43 bits per heavy atom. The van der Waals surface area contributed by atoms with Gasteiger partial charge in [0.25, 0.3) is 0 Å². The number of aliphatic hydroxyl groups excluding tert-OH is 1. The molecule has 0 radical (unpaired) electrons. The van der Waals surface area contributed by atoms with Crippen molar-refractivity contribution in [3.63, 3.8) is 0 Å². The summed E-state index contributed by atoms with van der Waals surface area (Å²) in [7, 11) is 0. The molecule has 3 rings (SSSR count). The van der Waals surface area contributed by atoms with E-state index >= 15 is 0 Å². The minimum absolute atomic E-state index is 0.0409. The van der Waals surface area contributed by atoms with E-state index < -0.39 is 17.7 Å². The van der Waals surface area contributed by atoms with E-state index in [1.807, 2.05) is 13.8 Å². The average Bonchev–Trinajstić information content (AvgIpc) is 2.86. The van der Waals surface area contributed by atoms with Crippen LogP contribution >= 0.6 is 0 Å². The maximum atomic E-state index is 12.1. The highest BCUT2D eigenvalue weighted by Gasteiger charge is 2.47. The van der Waals surface area contributed by atoms with Gasteiger partial charge in [0.2, 0.25) is 5.91 Å². The van der Waals surface area contributed by atoms with E-state index in [0.29, 0.717) is 29.8 Å². The van der Waals surface area contributed by atoms with Crippen LogP contribution in [-0.2, 0) is 4.79 Å². The smallest absolute Gasteiger partial charge is 0.223 e. The van der Waals surface area contributed by atoms with Crippen LogP contribution in [0, 0.1) is 0 Å². The van der Waals surface area contributed by atoms with Crippen LogP contribution in [0.5, 0.6) is 5.75 Å². The second-order valence-electron chi connectivity index (χ2n) is 6.20. The van der Waals surface area contributed by atoms with Crippen LogP contribution in [0.15, 0.2) is 18.2 Å². The van der Waals surface area contributed by atoms with E-state index in [1.165, 1.54) is 0 Å². The number of amides is 1. The van der Waals surface area contributed by atoms with Crippen LogP contribution in [-0.4, -0.2) is 40.4 Å². The normalized spacial score (nSPS) is 27.2. The highest BCUT2D eigenvalue weighted by atomic mass is 16.5. The Labute approximate surface area is 123 Å². The number of nitrogens with zero attached hydrogens (tertiary/aromatic N) is 1. The van der Waals surface area contributed by atoms with Gasteiger partial charge >= 0.3 is 0 Å². The standard InChI is InChI=1S/C16H19NO4/c1-16(2)15(20)14(17-7-3-4-13(17)19)11-8-10(9-18)5-6-12(11)21-16/h5-6,8-9,14-15,20H,3-4,7H2,1-2H3/t14-,15+/m1/s1. The lowest BCUT2D eigenvalue weighted by molar-refractivity contribution is -0.139. The lowest BCUT2D eigenvalue weighted by Crippen LogP contribution is -2.53. The molecular weight excluding hydrogens is 270 g/mol. The van der Waals surface area contributed by atoms with E-state index in [2.05, 4.69) is 0 Å². The molecule has 0 saturated carbocycles. The first-order valence-electron chi connectivity index (χ1n) is 7.20. The highest BCUT2D eigenvalue weighted by Crippen LogP contribution is 2.44. The molecule has 0 aromatic heterocycles. The number of fused-ring (bicyclic) bond motifs is 1. The Morgan fingerprint density at radius 2 is 2.19 bits per heavy atom. The van der Waals surface area contributed by atoms with Crippen LogP contribution in [0.3, 0.4) is 0 Å². The molecule has 1 saturated heterocycles. The molecule has 21 heavy (non-hydrogen) atoms. The van der Waals surface area contributed by atoms with Gasteiger partial charge in [0.05, 0.1) is 6.04 Å². The summed E-state index contributed by atoms with van der Waals surface area (Å²) in [5, 5.41) is 10.7. The largest absolute Gasteiger partial charge is 0.485 e. The second-order valence-corrected chi connectivity index (χ2v) is 6.20. The number of likely N-dealkylation sites (tertiary alicyclic amines) is 1. The van der Waals surface area contributed by atoms with E-state index in [-0.39, 0.29) is 5.91 Å². The molecular formula is C16H19NO4. The minimum atomic E-state index is -0.839. The number of hydrogen-bond acceptors (Lipinski definition) is 4. The van der Waals surface area contributed by atoms with Crippen LogP contribution in [0.1, 0.15) is 48.7 Å². The van der Waals surface area contributed by atoms with Gasteiger partial charge in [0.1, 0.15) is 23.7 Å². The first-order chi connectivity index (χ1) is 9.94. The molecule has 2 aliphatic rings. The van der Waals surface area contributed by atoms with Crippen molar-refractivity contribution in [3.05, 3.63) is 29.3 Å². The SMILES string of the molecule is CC1(C)Oc2ccc(C=O)cc2[C@@H](N2CCCC2=O)[C@@H]1O. The summed E-state index contributed by atoms with van der Waals surface area (Å²) in [6.07, 6.45) is 1.23. The summed E-state index contributed by atoms with van der Waals surface area (Å²) < 4.78 is 5.85. The number of aldehydes is 1. The third kappa shape index (κ3) is 2.21. The molecule has 0 unspecified atom stereocenters. The second kappa shape index (κ2) is 4.84. The summed E-state index contributed by atoms with van der Waals surface area (Å²) in [5.41, 5.74) is 0.436. The third-order valence-electron chi connectivity index (χ3n) is 4.32. The van der Waals surface area contributed by atoms with E-state index in [9.17, 15) is 14.7 Å². The quantitative estimate of drug-likeness (QED) is 0.841. The van der Waals surface area contributed by atoms with Crippen molar-refractivity contribution < 1.29 is 19.4 Å². The fraction of sp³-hybridized carbons (Fsp3) is 0.500. The molecule has 5 nitrogen and oxygen atoms in total. The predicted octanol–water partition coefficient (Wildman–Crippen LogP) is 1.69. The first kappa shape index (κ1) is 14.1. The molecule has 2 atom stereocenters. The zero-order valence-electron chi connectivity index (χ0n) is 12.2. The Morgan fingerprint density at radius 3 is 2.81 bits per heavy atom. The number of carbonyl (C=O) groups is 2. The molecule has 112 valence electrons. The van der Waals surface area contributed by atoms with Crippen molar-refractivity contribution in [3.8, 4) is 5.75 Å². The molecule has 0 aliphatic carbocycles. The molecule has 5 heteroatoms. The summed E-state index contributed by atoms with van der Waals surface area (Å²) in [4.78, 5) is 24.8. The van der Waals surface area contributed by atoms with Crippen molar-refractivity contribution in [1.29, 1.82) is 0 Å². The molecule has 0 spiro atoms. The van der Waals surface area contributed by atoms with E-state index in [4.69, 9.17) is 4.74 Å². The molecule has 2 heterocycles. The number of rotatable bonds is 2. The van der Waals surface area contributed by atoms with Gasteiger partial charge in [-0.1, -0.05) is 0 Å². The van der Waals surface area contributed by atoms with Crippen LogP contribution in [0.4, 0.5) is 0 Å². The molecule has 1 fully saturated rings. The summed E-state index contributed by atoms with van der Waals surface area (Å²) in [6.45, 7) is 4.24. The van der Waals surface area contributed by atoms with Crippen molar-refractivity contribution in [2.24, 2.45) is 0 Å². The van der Waals surface area contributed by atoms with Crippen LogP contribution in [0.25, 0.3) is 0 Å². The number of carbonyl (C=O) groups excluding carboxylic acids is 2. The van der Waals surface area contributed by atoms with Gasteiger partial charge in [0, 0.05) is 24.1 Å². The number of aliphatic hydroxyl groups is 1. The number of benzene rings is 1. The van der Waals surface area contributed by atoms with Gasteiger partial charge in [-0.25, -0.2) is 0 Å². The fourth-order valence-electron chi connectivity index (χ4n) is 3.16. The Kier molecular flexibility index (Phi) is 3.24. The molecule has 1 N–H and O–H groups in total. The van der Waals surface area contributed by atoms with Crippen LogP contribution in [0.2, 0.25) is 0 Å². The maximum Gasteiger partial charge on any atom is 0.223 e. The molecule has 2 aliphatic heterocycles. The molecule has 1 aromatic rings. The summed E-state index contributed by atoms with van der Waals surface area (Å²) in [5.74, 6) is 0.666. The first-order valence-corrected chi connectivity index (χ1v) is 7.20. The highest BCUT2D eigenvalue weighted by molar-refractivity contribution is 5.80. The van der Waals surface area contributed by atoms with Gasteiger partial charge in [0.15, 0.2) is 0 Å². The zero-order chi connectivity index (χ0) is 15.2. The van der Waals surface area contributed by atoms with Crippen molar-refractivity contribution in [2.45, 2.75) is 44.4 Å². The molecule has 0 bridgehead atoms. The number of ether oxygens (including phenoxy) is 1. The summed E-state index contributed by atoms with van der Waals surface area (Å²) >= 11 is 0. The Bertz CT molecular complexity index is 596. The molecule has 1 aromatic carbocycles. The van der Waals surface area contributed by atoms with Crippen molar-refractivity contribution in [1.82, 2.24) is 4.90 Å².